The summed E-state index contributed by atoms with van der Waals surface area (Å²) >= 11 is 9.19. The maximum Gasteiger partial charge on any atom is 0.272 e. The molecular formula is C20H14BrClN2O3. The lowest BCUT2D eigenvalue weighted by Crippen LogP contribution is -2.30. The molecule has 5 nitrogen and oxygen atoms in total. The summed E-state index contributed by atoms with van der Waals surface area (Å²) in [4.78, 5) is 25.2. The maximum atomic E-state index is 12.7. The average molecular weight is 446 g/mol. The summed E-state index contributed by atoms with van der Waals surface area (Å²) in [6.07, 6.45) is 2.94. The largest absolute Gasteiger partial charge is 0.465 e. The number of halogens is 2. The zero-order valence-electron chi connectivity index (χ0n) is 13.9. The van der Waals surface area contributed by atoms with Crippen molar-refractivity contribution < 1.29 is 14.0 Å². The summed E-state index contributed by atoms with van der Waals surface area (Å²) in [5.41, 5.74) is 1.02. The number of furan rings is 1. The van der Waals surface area contributed by atoms with Crippen LogP contribution in [-0.4, -0.2) is 11.8 Å². The Labute approximate surface area is 169 Å². The number of rotatable bonds is 5. The van der Waals surface area contributed by atoms with Crippen LogP contribution in [0.1, 0.15) is 16.1 Å². The van der Waals surface area contributed by atoms with Gasteiger partial charge in [-0.15, -0.1) is 0 Å². The van der Waals surface area contributed by atoms with Gasteiger partial charge < -0.3 is 15.1 Å². The topological polar surface area (TPSA) is 71.3 Å². The normalized spacial score (nSPS) is 11.1. The van der Waals surface area contributed by atoms with Gasteiger partial charge in [0, 0.05) is 26.8 Å². The predicted octanol–water partition coefficient (Wildman–Crippen LogP) is 5.11. The van der Waals surface area contributed by atoms with E-state index in [-0.39, 0.29) is 5.70 Å². The smallest absolute Gasteiger partial charge is 0.272 e. The van der Waals surface area contributed by atoms with Crippen LogP contribution < -0.4 is 10.6 Å². The van der Waals surface area contributed by atoms with Crippen molar-refractivity contribution in [2.45, 2.75) is 0 Å². The van der Waals surface area contributed by atoms with Crippen molar-refractivity contribution in [3.63, 3.8) is 0 Å². The van der Waals surface area contributed by atoms with Gasteiger partial charge in [0.15, 0.2) is 0 Å². The van der Waals surface area contributed by atoms with Crippen molar-refractivity contribution in [1.82, 2.24) is 5.32 Å². The maximum absolute atomic E-state index is 12.7. The van der Waals surface area contributed by atoms with Crippen LogP contribution >= 0.6 is 27.5 Å². The first kappa shape index (κ1) is 18.9. The predicted molar refractivity (Wildman–Crippen MR) is 108 cm³/mol. The molecule has 3 rings (SSSR count). The third-order valence-corrected chi connectivity index (χ3v) is 4.31. The number of benzene rings is 2. The first-order valence-electron chi connectivity index (χ1n) is 7.90. The molecule has 0 saturated heterocycles. The van der Waals surface area contributed by atoms with Gasteiger partial charge in [-0.05, 0) is 60.7 Å². The minimum Gasteiger partial charge on any atom is -0.465 e. The third-order valence-electron chi connectivity index (χ3n) is 3.53. The van der Waals surface area contributed by atoms with Crippen LogP contribution in [0.3, 0.4) is 0 Å². The van der Waals surface area contributed by atoms with Crippen LogP contribution in [0.25, 0.3) is 6.08 Å². The van der Waals surface area contributed by atoms with Gasteiger partial charge in [-0.1, -0.05) is 27.5 Å². The molecule has 2 aromatic carbocycles. The summed E-state index contributed by atoms with van der Waals surface area (Å²) in [6, 6.07) is 16.8. The molecule has 7 heteroatoms. The SMILES string of the molecule is O=C(Nc1ccc(Br)cc1)/C(=C/c1ccco1)NC(=O)c1ccc(Cl)cc1. The van der Waals surface area contributed by atoms with E-state index in [9.17, 15) is 9.59 Å². The number of anilines is 1. The van der Waals surface area contributed by atoms with Crippen LogP contribution in [0.2, 0.25) is 5.02 Å². The number of amides is 2. The van der Waals surface area contributed by atoms with E-state index < -0.39 is 11.8 Å². The van der Waals surface area contributed by atoms with Crippen LogP contribution in [0, 0.1) is 0 Å². The second-order valence-corrected chi connectivity index (χ2v) is 6.85. The molecule has 0 unspecified atom stereocenters. The van der Waals surface area contributed by atoms with Gasteiger partial charge in [0.05, 0.1) is 6.26 Å². The van der Waals surface area contributed by atoms with Crippen molar-refractivity contribution in [2.75, 3.05) is 5.32 Å². The van der Waals surface area contributed by atoms with Crippen molar-refractivity contribution >= 4 is 51.1 Å². The van der Waals surface area contributed by atoms with E-state index in [1.165, 1.54) is 12.3 Å². The Morgan fingerprint density at radius 3 is 2.33 bits per heavy atom. The molecule has 2 amide bonds. The molecule has 0 atom stereocenters. The molecule has 0 aliphatic rings. The molecule has 0 bridgehead atoms. The van der Waals surface area contributed by atoms with Crippen LogP contribution in [-0.2, 0) is 4.79 Å². The molecular weight excluding hydrogens is 432 g/mol. The van der Waals surface area contributed by atoms with Gasteiger partial charge >= 0.3 is 0 Å². The summed E-state index contributed by atoms with van der Waals surface area (Å²) in [6.45, 7) is 0. The molecule has 2 N–H and O–H groups in total. The Hall–Kier alpha value is -2.83. The van der Waals surface area contributed by atoms with E-state index in [4.69, 9.17) is 16.0 Å². The third kappa shape index (κ3) is 5.32. The summed E-state index contributed by atoms with van der Waals surface area (Å²) in [5, 5.41) is 5.88. The Bertz CT molecular complexity index is 965. The summed E-state index contributed by atoms with van der Waals surface area (Å²) in [5.74, 6) is -0.473. The van der Waals surface area contributed by atoms with E-state index in [0.717, 1.165) is 4.47 Å². The van der Waals surface area contributed by atoms with Gasteiger partial charge in [-0.3, -0.25) is 9.59 Å². The van der Waals surface area contributed by atoms with Crippen LogP contribution in [0.15, 0.2) is 81.5 Å². The summed E-state index contributed by atoms with van der Waals surface area (Å²) in [7, 11) is 0. The van der Waals surface area contributed by atoms with E-state index >= 15 is 0 Å². The van der Waals surface area contributed by atoms with E-state index in [0.29, 0.717) is 22.0 Å². The lowest BCUT2D eigenvalue weighted by molar-refractivity contribution is -0.113. The Kier molecular flexibility index (Phi) is 6.11. The molecule has 0 spiro atoms. The molecule has 1 heterocycles. The van der Waals surface area contributed by atoms with Crippen molar-refractivity contribution in [2.24, 2.45) is 0 Å². The molecule has 0 aliphatic heterocycles. The fourth-order valence-electron chi connectivity index (χ4n) is 2.20. The highest BCUT2D eigenvalue weighted by Crippen LogP contribution is 2.16. The minimum atomic E-state index is -0.476. The number of hydrogen-bond donors (Lipinski definition) is 2. The van der Waals surface area contributed by atoms with Gasteiger partial charge in [0.2, 0.25) is 0 Å². The first-order valence-corrected chi connectivity index (χ1v) is 9.07. The van der Waals surface area contributed by atoms with Gasteiger partial charge in [-0.25, -0.2) is 0 Å². The number of nitrogens with one attached hydrogen (secondary N) is 2. The Morgan fingerprint density at radius 1 is 1.00 bits per heavy atom. The fraction of sp³-hybridized carbons (Fsp3) is 0. The number of carbonyl (C=O) groups is 2. The lowest BCUT2D eigenvalue weighted by Gasteiger charge is -2.11. The lowest BCUT2D eigenvalue weighted by atomic mass is 10.2. The molecule has 0 aliphatic carbocycles. The molecule has 1 aromatic heterocycles. The van der Waals surface area contributed by atoms with Crippen molar-refractivity contribution in [1.29, 1.82) is 0 Å². The number of carbonyl (C=O) groups excluding carboxylic acids is 2. The molecule has 0 radical (unpaired) electrons. The van der Waals surface area contributed by atoms with Gasteiger partial charge in [-0.2, -0.15) is 0 Å². The Morgan fingerprint density at radius 2 is 1.70 bits per heavy atom. The quantitative estimate of drug-likeness (QED) is 0.536. The average Bonchev–Trinajstić information content (AvgIpc) is 3.16. The zero-order valence-corrected chi connectivity index (χ0v) is 16.3. The molecule has 136 valence electrons. The molecule has 27 heavy (non-hydrogen) atoms. The fourth-order valence-corrected chi connectivity index (χ4v) is 2.59. The highest BCUT2D eigenvalue weighted by atomic mass is 79.9. The first-order chi connectivity index (χ1) is 13.0. The van der Waals surface area contributed by atoms with Gasteiger partial charge in [0.25, 0.3) is 11.8 Å². The summed E-state index contributed by atoms with van der Waals surface area (Å²) < 4.78 is 6.14. The van der Waals surface area contributed by atoms with E-state index in [1.807, 2.05) is 0 Å². The van der Waals surface area contributed by atoms with Crippen LogP contribution in [0.5, 0.6) is 0 Å². The minimum absolute atomic E-state index is 0.0489. The number of hydrogen-bond acceptors (Lipinski definition) is 3. The van der Waals surface area contributed by atoms with E-state index in [1.54, 1.807) is 60.7 Å². The van der Waals surface area contributed by atoms with Gasteiger partial charge in [0.1, 0.15) is 11.5 Å². The molecule has 0 fully saturated rings. The monoisotopic (exact) mass is 444 g/mol. The van der Waals surface area contributed by atoms with E-state index in [2.05, 4.69) is 26.6 Å². The van der Waals surface area contributed by atoms with Crippen LogP contribution in [0.4, 0.5) is 5.69 Å². The highest BCUT2D eigenvalue weighted by molar-refractivity contribution is 9.10. The molecule has 3 aromatic rings. The zero-order chi connectivity index (χ0) is 19.2. The van der Waals surface area contributed by atoms with Crippen molar-refractivity contribution in [3.05, 3.63) is 93.4 Å². The highest BCUT2D eigenvalue weighted by Gasteiger charge is 2.15. The second-order valence-electron chi connectivity index (χ2n) is 5.50. The second kappa shape index (κ2) is 8.70. The Balaban J connectivity index is 1.82. The molecule has 0 saturated carbocycles. The van der Waals surface area contributed by atoms with Crippen molar-refractivity contribution in [3.8, 4) is 0 Å². The standard InChI is InChI=1S/C20H14BrClN2O3/c21-14-5-9-16(10-6-14)23-20(26)18(12-17-2-1-11-27-17)24-19(25)13-3-7-15(22)8-4-13/h1-12H,(H,23,26)(H,24,25)/b18-12-.